The number of ether oxygens (including phenoxy) is 2. The summed E-state index contributed by atoms with van der Waals surface area (Å²) in [5, 5.41) is 0. The molecule has 0 rings (SSSR count). The Hall–Kier alpha value is 0.520. The van der Waals surface area contributed by atoms with Crippen LogP contribution < -0.4 is 68.9 Å². The van der Waals surface area contributed by atoms with Crippen molar-refractivity contribution in [1.29, 1.82) is 0 Å². The molecular formula is C22H47Na2O8PS. The maximum atomic E-state index is 12.0. The first-order valence-corrected chi connectivity index (χ1v) is 12.2. The molecule has 1 atom stereocenters. The minimum absolute atomic E-state index is 0. The molecule has 8 nitrogen and oxygen atoms in total. The molecule has 0 aliphatic heterocycles. The normalized spacial score (nSPS) is 10.6. The van der Waals surface area contributed by atoms with Crippen LogP contribution >= 0.6 is 21.3 Å². The number of phosphoric ester groups is 1. The van der Waals surface area contributed by atoms with Crippen molar-refractivity contribution in [1.82, 2.24) is 0 Å². The zero-order valence-corrected chi connectivity index (χ0v) is 26.7. The molecule has 34 heavy (non-hydrogen) atoms. The minimum Gasteiger partial charge on any atom is -0.790 e. The molecule has 0 amide bonds. The van der Waals surface area contributed by atoms with Crippen molar-refractivity contribution in [3.8, 4) is 24.2 Å². The third kappa shape index (κ3) is 30.6. The Balaban J connectivity index is -0.000000125. The van der Waals surface area contributed by atoms with Crippen LogP contribution in [0.1, 0.15) is 92.5 Å². The minimum atomic E-state index is -5.26. The van der Waals surface area contributed by atoms with Crippen molar-refractivity contribution in [3.05, 3.63) is 0 Å². The number of hydrogen-bond donors (Lipinski definition) is 0. The third-order valence-corrected chi connectivity index (χ3v) is 4.80. The van der Waals surface area contributed by atoms with Crippen LogP contribution in [-0.2, 0) is 28.2 Å². The van der Waals surface area contributed by atoms with Crippen LogP contribution in [0.2, 0.25) is 0 Å². The van der Waals surface area contributed by atoms with Gasteiger partial charge in [0.1, 0.15) is 6.61 Å². The van der Waals surface area contributed by atoms with Crippen molar-refractivity contribution in [2.45, 2.75) is 90.1 Å². The summed E-state index contributed by atoms with van der Waals surface area (Å²) in [5.74, 6) is 4.39. The second kappa shape index (κ2) is 28.1. The molecule has 0 unspecified atom stereocenters. The Labute approximate surface area is 264 Å². The van der Waals surface area contributed by atoms with Gasteiger partial charge in [0.05, 0.1) is 14.4 Å². The van der Waals surface area contributed by atoms with Gasteiger partial charge in [0.2, 0.25) is 0 Å². The molecule has 0 saturated carbocycles. The van der Waals surface area contributed by atoms with Crippen LogP contribution in [-0.4, -0.2) is 31.3 Å². The number of phosphoric acid groups is 1. The fraction of sp³-hybridized carbons (Fsp3) is 0.727. The van der Waals surface area contributed by atoms with Gasteiger partial charge >= 0.3 is 71.1 Å². The van der Waals surface area contributed by atoms with E-state index in [2.05, 4.69) is 17.4 Å². The zero-order valence-electron chi connectivity index (χ0n) is 20.8. The fourth-order valence-electron chi connectivity index (χ4n) is 2.76. The fourth-order valence-corrected chi connectivity index (χ4v) is 3.11. The second-order valence-corrected chi connectivity index (χ2v) is 8.29. The molecule has 12 heteroatoms. The van der Waals surface area contributed by atoms with Gasteiger partial charge in [0.15, 0.2) is 6.10 Å². The molecule has 0 fully saturated rings. The summed E-state index contributed by atoms with van der Waals surface area (Å²) in [5.41, 5.74) is 0. The first-order chi connectivity index (χ1) is 14.8. The molecule has 0 radical (unpaired) electrons. The molecule has 0 aliphatic carbocycles. The van der Waals surface area contributed by atoms with Crippen LogP contribution in [0.25, 0.3) is 0 Å². The summed E-state index contributed by atoms with van der Waals surface area (Å²) < 4.78 is 24.6. The molecule has 196 valence electrons. The van der Waals surface area contributed by atoms with E-state index in [1.807, 2.05) is 11.8 Å². The van der Waals surface area contributed by atoms with Gasteiger partial charge in [-0.15, -0.1) is 6.42 Å². The summed E-state index contributed by atoms with van der Waals surface area (Å²) in [4.78, 5) is 44.6. The average Bonchev–Trinajstić information content (AvgIpc) is 2.71. The van der Waals surface area contributed by atoms with E-state index in [4.69, 9.17) is 15.9 Å². The van der Waals surface area contributed by atoms with Crippen LogP contribution in [0.15, 0.2) is 0 Å². The molecule has 0 aromatic rings. The topological polar surface area (TPSA) is 125 Å². The summed E-state index contributed by atoms with van der Waals surface area (Å²) in [6.45, 7) is 0.944. The summed E-state index contributed by atoms with van der Waals surface area (Å²) in [6, 6.07) is 0. The number of esters is 2. The van der Waals surface area contributed by atoms with Crippen molar-refractivity contribution in [3.63, 3.8) is 0 Å². The maximum Gasteiger partial charge on any atom is 1.00 e. The predicted molar refractivity (Wildman–Crippen MR) is 135 cm³/mol. The SMILES string of the molecule is C#CC#CC(=O)OC[C@@H](COP(=O)([O-])[O-])OC(=O)CCCCCCCCCCCCC.S.[HH].[HH].[HH].[HH].[HH].[HH].[Na+].[Na+]. The van der Waals surface area contributed by atoms with E-state index in [0.29, 0.717) is 6.42 Å². The first-order valence-electron chi connectivity index (χ1n) is 10.8. The molecular weight excluding hydrogens is 501 g/mol. The summed E-state index contributed by atoms with van der Waals surface area (Å²) >= 11 is 0. The number of hydrogen-bond acceptors (Lipinski definition) is 8. The molecule has 0 aliphatic rings. The van der Waals surface area contributed by atoms with E-state index < -0.39 is 39.1 Å². The Bertz CT molecular complexity index is 694. The van der Waals surface area contributed by atoms with Gasteiger partial charge in [-0.3, -0.25) is 4.79 Å². The Morgan fingerprint density at radius 3 is 1.91 bits per heavy atom. The Morgan fingerprint density at radius 2 is 1.44 bits per heavy atom. The molecule has 0 aromatic heterocycles. The first kappa shape index (κ1) is 41.6. The van der Waals surface area contributed by atoms with Crippen LogP contribution in [0.5, 0.6) is 0 Å². The van der Waals surface area contributed by atoms with E-state index in [1.165, 1.54) is 44.9 Å². The van der Waals surface area contributed by atoms with E-state index in [-0.39, 0.29) is 87.6 Å². The van der Waals surface area contributed by atoms with Crippen LogP contribution in [0.4, 0.5) is 0 Å². The molecule has 0 N–H and O–H groups in total. The van der Waals surface area contributed by atoms with Gasteiger partial charge in [-0.1, -0.05) is 71.1 Å². The maximum absolute atomic E-state index is 12.0. The molecule has 0 heterocycles. The van der Waals surface area contributed by atoms with Crippen LogP contribution in [0.3, 0.4) is 0 Å². The van der Waals surface area contributed by atoms with Crippen molar-refractivity contribution in [2.24, 2.45) is 0 Å². The van der Waals surface area contributed by atoms with Gasteiger partial charge in [-0.2, -0.15) is 13.5 Å². The van der Waals surface area contributed by atoms with Crippen molar-refractivity contribution in [2.75, 3.05) is 13.2 Å². The van der Waals surface area contributed by atoms with E-state index in [0.717, 1.165) is 19.3 Å². The molecule has 0 saturated heterocycles. The second-order valence-electron chi connectivity index (χ2n) is 7.13. The zero-order chi connectivity index (χ0) is 23.4. The van der Waals surface area contributed by atoms with Gasteiger partial charge in [0.25, 0.3) is 0 Å². The van der Waals surface area contributed by atoms with Gasteiger partial charge in [-0.05, 0) is 18.3 Å². The average molecular weight is 549 g/mol. The van der Waals surface area contributed by atoms with Crippen molar-refractivity contribution >= 4 is 33.3 Å². The smallest absolute Gasteiger partial charge is 0.790 e. The van der Waals surface area contributed by atoms with E-state index in [9.17, 15) is 23.9 Å². The quantitative estimate of drug-likeness (QED) is 0.0492. The third-order valence-electron chi connectivity index (χ3n) is 4.34. The largest absolute Gasteiger partial charge is 1.00 e. The number of rotatable bonds is 18. The van der Waals surface area contributed by atoms with E-state index >= 15 is 0 Å². The summed E-state index contributed by atoms with van der Waals surface area (Å²) in [7, 11) is -5.26. The predicted octanol–water partition coefficient (Wildman–Crippen LogP) is -1.78. The number of terminal acetylenes is 1. The number of unbranched alkanes of at least 4 members (excludes halogenated alkanes) is 10. The van der Waals surface area contributed by atoms with Gasteiger partial charge in [-0.25, -0.2) is 4.79 Å². The number of carbonyl (C=O) groups is 2. The van der Waals surface area contributed by atoms with Crippen LogP contribution in [0, 0.1) is 24.2 Å². The Kier molecular flexibility index (Phi) is 34.4. The number of carbonyl (C=O) groups excluding carboxylic acids is 2. The standard InChI is InChI=1S/C22H35O8P.2Na.H2S.6H2/c1-3-5-7-8-9-10-11-12-13-14-15-17-22(24)30-20(19-29-31(25,26)27)18-28-21(23)16-6-4-2;;;;;;;;;/h2,20H,3,5,7-15,17-19H2,1H3,(H2,25,26,27);;;1H2;6*1H/q;2*+1;;;;;;;/p-2/t20-;;;;;;;;;/m0........./s1. The monoisotopic (exact) mass is 548 g/mol. The molecule has 0 aromatic carbocycles. The van der Waals surface area contributed by atoms with Gasteiger partial charge < -0.3 is 28.3 Å². The Morgan fingerprint density at radius 1 is 0.941 bits per heavy atom. The molecule has 0 spiro atoms. The van der Waals surface area contributed by atoms with E-state index in [1.54, 1.807) is 0 Å². The van der Waals surface area contributed by atoms with Crippen molar-refractivity contribution < 1.29 is 106 Å². The molecule has 0 bridgehead atoms. The summed E-state index contributed by atoms with van der Waals surface area (Å²) in [6.07, 6.45) is 16.3. The van der Waals surface area contributed by atoms with Gasteiger partial charge in [0, 0.05) is 20.9 Å².